The van der Waals surface area contributed by atoms with Gasteiger partial charge in [-0.15, -0.1) is 0 Å². The number of hydrogen-bond acceptors (Lipinski definition) is 2. The molecule has 84 valence electrons. The van der Waals surface area contributed by atoms with Crippen molar-refractivity contribution in [3.8, 4) is 0 Å². The second-order valence-corrected chi connectivity index (χ2v) is 4.69. The lowest BCUT2D eigenvalue weighted by molar-refractivity contribution is 0.0387. The molecule has 0 aromatic heterocycles. The molecule has 2 atom stereocenters. The molecule has 0 aliphatic carbocycles. The maximum absolute atomic E-state index is 9.86. The van der Waals surface area contributed by atoms with Crippen LogP contribution in [0.4, 0.5) is 0 Å². The maximum atomic E-state index is 9.86. The Morgan fingerprint density at radius 3 is 2.57 bits per heavy atom. The fourth-order valence-electron chi connectivity index (χ4n) is 2.09. The Balaban J connectivity index is 2.14. The molecule has 2 heteroatoms. The van der Waals surface area contributed by atoms with E-state index < -0.39 is 0 Å². The third kappa shape index (κ3) is 4.43. The molecule has 1 heterocycles. The van der Waals surface area contributed by atoms with Crippen molar-refractivity contribution in [2.24, 2.45) is 11.8 Å². The number of ether oxygens (including phenoxy) is 1. The number of rotatable bonds is 5. The quantitative estimate of drug-likeness (QED) is 0.739. The molecule has 0 amide bonds. The van der Waals surface area contributed by atoms with Gasteiger partial charge in [-0.2, -0.15) is 0 Å². The van der Waals surface area contributed by atoms with Crippen molar-refractivity contribution >= 4 is 0 Å². The minimum Gasteiger partial charge on any atom is -0.393 e. The van der Waals surface area contributed by atoms with E-state index in [2.05, 4.69) is 13.8 Å². The first-order valence-electron chi connectivity index (χ1n) is 5.98. The summed E-state index contributed by atoms with van der Waals surface area (Å²) in [5.74, 6) is 1.35. The molecule has 1 saturated heterocycles. The van der Waals surface area contributed by atoms with Crippen LogP contribution in [-0.4, -0.2) is 24.4 Å². The van der Waals surface area contributed by atoms with Crippen LogP contribution in [0, 0.1) is 11.8 Å². The number of hydrogen-bond donors (Lipinski definition) is 1. The lowest BCUT2D eigenvalue weighted by Gasteiger charge is -2.25. The third-order valence-corrected chi connectivity index (χ3v) is 3.32. The summed E-state index contributed by atoms with van der Waals surface area (Å²) in [6, 6.07) is 0. The molecule has 1 rings (SSSR count). The number of aliphatic hydroxyl groups excluding tert-OH is 1. The van der Waals surface area contributed by atoms with Crippen LogP contribution in [0.3, 0.4) is 0 Å². The Kier molecular flexibility index (Phi) is 5.49. The van der Waals surface area contributed by atoms with E-state index in [1.807, 2.05) is 0 Å². The van der Waals surface area contributed by atoms with Gasteiger partial charge in [0.25, 0.3) is 0 Å². The van der Waals surface area contributed by atoms with Crippen molar-refractivity contribution in [1.82, 2.24) is 0 Å². The highest BCUT2D eigenvalue weighted by Crippen LogP contribution is 2.23. The molecule has 2 nitrogen and oxygen atoms in total. The van der Waals surface area contributed by atoms with Crippen molar-refractivity contribution in [2.75, 3.05) is 13.2 Å². The van der Waals surface area contributed by atoms with Crippen LogP contribution in [0.1, 0.15) is 46.0 Å². The molecule has 0 radical (unpaired) electrons. The third-order valence-electron chi connectivity index (χ3n) is 3.32. The Morgan fingerprint density at radius 1 is 1.36 bits per heavy atom. The summed E-state index contributed by atoms with van der Waals surface area (Å²) in [6.45, 7) is 6.18. The molecule has 1 aliphatic heterocycles. The monoisotopic (exact) mass is 200 g/mol. The molecule has 0 aromatic rings. The van der Waals surface area contributed by atoms with Gasteiger partial charge in [0.2, 0.25) is 0 Å². The Labute approximate surface area is 87.7 Å². The van der Waals surface area contributed by atoms with Gasteiger partial charge in [-0.1, -0.05) is 20.3 Å². The SMILES string of the molecule is CCC(C)CC(O)CC1CCOCC1. The van der Waals surface area contributed by atoms with Crippen molar-refractivity contribution in [3.63, 3.8) is 0 Å². The van der Waals surface area contributed by atoms with Gasteiger partial charge in [-0.05, 0) is 37.5 Å². The normalized spacial score (nSPS) is 23.4. The van der Waals surface area contributed by atoms with E-state index in [1.54, 1.807) is 0 Å². The zero-order valence-electron chi connectivity index (χ0n) is 9.54. The summed E-state index contributed by atoms with van der Waals surface area (Å²) in [5.41, 5.74) is 0. The highest BCUT2D eigenvalue weighted by molar-refractivity contribution is 4.69. The zero-order valence-corrected chi connectivity index (χ0v) is 9.54. The van der Waals surface area contributed by atoms with Crippen LogP contribution in [0.2, 0.25) is 0 Å². The van der Waals surface area contributed by atoms with Crippen LogP contribution >= 0.6 is 0 Å². The average molecular weight is 200 g/mol. The van der Waals surface area contributed by atoms with Gasteiger partial charge in [0.05, 0.1) is 6.10 Å². The first-order valence-corrected chi connectivity index (χ1v) is 5.98. The topological polar surface area (TPSA) is 29.5 Å². The summed E-state index contributed by atoms with van der Waals surface area (Å²) in [7, 11) is 0. The Morgan fingerprint density at radius 2 is 2.00 bits per heavy atom. The summed E-state index contributed by atoms with van der Waals surface area (Å²) in [4.78, 5) is 0. The molecule has 0 spiro atoms. The molecule has 14 heavy (non-hydrogen) atoms. The highest BCUT2D eigenvalue weighted by Gasteiger charge is 2.18. The Bertz CT molecular complexity index is 141. The van der Waals surface area contributed by atoms with Crippen LogP contribution in [0.25, 0.3) is 0 Å². The lowest BCUT2D eigenvalue weighted by atomic mass is 9.89. The van der Waals surface area contributed by atoms with Crippen LogP contribution in [0.5, 0.6) is 0 Å². The molecule has 1 N–H and O–H groups in total. The van der Waals surface area contributed by atoms with E-state index in [9.17, 15) is 5.11 Å². The lowest BCUT2D eigenvalue weighted by Crippen LogP contribution is -2.22. The standard InChI is InChI=1S/C12H24O2/c1-3-10(2)8-12(13)9-11-4-6-14-7-5-11/h10-13H,3-9H2,1-2H3. The van der Waals surface area contributed by atoms with Gasteiger partial charge >= 0.3 is 0 Å². The molecule has 1 fully saturated rings. The first kappa shape index (κ1) is 12.0. The number of aliphatic hydroxyl groups is 1. The van der Waals surface area contributed by atoms with Gasteiger partial charge in [0.1, 0.15) is 0 Å². The van der Waals surface area contributed by atoms with E-state index >= 15 is 0 Å². The van der Waals surface area contributed by atoms with Crippen LogP contribution < -0.4 is 0 Å². The fraction of sp³-hybridized carbons (Fsp3) is 1.00. The van der Waals surface area contributed by atoms with E-state index in [-0.39, 0.29) is 6.10 Å². The van der Waals surface area contributed by atoms with Crippen LogP contribution in [-0.2, 0) is 4.74 Å². The van der Waals surface area contributed by atoms with E-state index in [1.165, 1.54) is 6.42 Å². The average Bonchev–Trinajstić information content (AvgIpc) is 2.19. The summed E-state index contributed by atoms with van der Waals surface area (Å²) in [6.07, 6.45) is 5.30. The Hall–Kier alpha value is -0.0800. The summed E-state index contributed by atoms with van der Waals surface area (Å²) < 4.78 is 5.30. The largest absolute Gasteiger partial charge is 0.393 e. The molecular weight excluding hydrogens is 176 g/mol. The predicted octanol–water partition coefficient (Wildman–Crippen LogP) is 2.60. The fourth-order valence-corrected chi connectivity index (χ4v) is 2.09. The van der Waals surface area contributed by atoms with Crippen molar-refractivity contribution in [2.45, 2.75) is 52.1 Å². The van der Waals surface area contributed by atoms with Gasteiger partial charge in [-0.25, -0.2) is 0 Å². The minimum absolute atomic E-state index is 0.0898. The second kappa shape index (κ2) is 6.41. The molecular formula is C12H24O2. The predicted molar refractivity (Wildman–Crippen MR) is 58.2 cm³/mol. The van der Waals surface area contributed by atoms with Gasteiger partial charge in [-0.3, -0.25) is 0 Å². The van der Waals surface area contributed by atoms with Crippen LogP contribution in [0.15, 0.2) is 0 Å². The van der Waals surface area contributed by atoms with Crippen molar-refractivity contribution in [1.29, 1.82) is 0 Å². The second-order valence-electron chi connectivity index (χ2n) is 4.69. The van der Waals surface area contributed by atoms with Crippen molar-refractivity contribution in [3.05, 3.63) is 0 Å². The van der Waals surface area contributed by atoms with Crippen molar-refractivity contribution < 1.29 is 9.84 Å². The van der Waals surface area contributed by atoms with Gasteiger partial charge in [0.15, 0.2) is 0 Å². The molecule has 2 unspecified atom stereocenters. The van der Waals surface area contributed by atoms with E-state index in [0.29, 0.717) is 11.8 Å². The summed E-state index contributed by atoms with van der Waals surface area (Å²) >= 11 is 0. The minimum atomic E-state index is -0.0898. The summed E-state index contributed by atoms with van der Waals surface area (Å²) in [5, 5.41) is 9.86. The molecule has 0 aromatic carbocycles. The highest BCUT2D eigenvalue weighted by atomic mass is 16.5. The molecule has 0 bridgehead atoms. The maximum Gasteiger partial charge on any atom is 0.0545 e. The molecule has 0 saturated carbocycles. The van der Waals surface area contributed by atoms with Gasteiger partial charge in [0, 0.05) is 13.2 Å². The van der Waals surface area contributed by atoms with Gasteiger partial charge < -0.3 is 9.84 Å². The van der Waals surface area contributed by atoms with E-state index in [0.717, 1.165) is 38.9 Å². The molecule has 1 aliphatic rings. The smallest absolute Gasteiger partial charge is 0.0545 e. The van der Waals surface area contributed by atoms with E-state index in [4.69, 9.17) is 4.74 Å². The zero-order chi connectivity index (χ0) is 10.4. The first-order chi connectivity index (χ1) is 6.72.